The molecule has 3 heterocycles. The van der Waals surface area contributed by atoms with Crippen LogP contribution in [0.2, 0.25) is 0 Å². The molecule has 0 saturated carbocycles. The molecule has 25 heavy (non-hydrogen) atoms. The summed E-state index contributed by atoms with van der Waals surface area (Å²) in [6.45, 7) is 8.10. The first-order valence-corrected chi connectivity index (χ1v) is 9.80. The van der Waals surface area contributed by atoms with Gasteiger partial charge in [-0.2, -0.15) is 0 Å². The predicted octanol–water partition coefficient (Wildman–Crippen LogP) is 3.49. The third kappa shape index (κ3) is 4.72. The van der Waals surface area contributed by atoms with Gasteiger partial charge in [-0.15, -0.1) is 0 Å². The number of pyridine rings is 1. The van der Waals surface area contributed by atoms with Gasteiger partial charge in [0.1, 0.15) is 11.4 Å². The van der Waals surface area contributed by atoms with Gasteiger partial charge >= 0.3 is 5.97 Å². The molecular formula is C20H31N3O2. The van der Waals surface area contributed by atoms with Gasteiger partial charge in [-0.25, -0.2) is 9.78 Å². The van der Waals surface area contributed by atoms with Crippen LogP contribution in [-0.2, 0) is 4.74 Å². The lowest BCUT2D eigenvalue weighted by Gasteiger charge is -2.40. The second kappa shape index (κ2) is 8.65. The van der Waals surface area contributed by atoms with Gasteiger partial charge in [-0.05, 0) is 64.8 Å². The van der Waals surface area contributed by atoms with E-state index in [9.17, 15) is 4.79 Å². The highest BCUT2D eigenvalue weighted by Crippen LogP contribution is 2.26. The number of carbonyl (C=O) groups is 1. The Labute approximate surface area is 151 Å². The second-order valence-electron chi connectivity index (χ2n) is 7.52. The predicted molar refractivity (Wildman–Crippen MR) is 100 cm³/mol. The number of ether oxygens (including phenoxy) is 1. The van der Waals surface area contributed by atoms with Crippen LogP contribution in [0.1, 0.15) is 62.7 Å². The Balaban J connectivity index is 1.74. The number of aromatic nitrogens is 1. The quantitative estimate of drug-likeness (QED) is 0.782. The monoisotopic (exact) mass is 345 g/mol. The van der Waals surface area contributed by atoms with Crippen molar-refractivity contribution in [2.75, 3.05) is 31.1 Å². The molecule has 0 bridgehead atoms. The summed E-state index contributed by atoms with van der Waals surface area (Å²) in [6.07, 6.45) is 9.39. The van der Waals surface area contributed by atoms with Crippen LogP contribution in [0.4, 0.5) is 5.82 Å². The van der Waals surface area contributed by atoms with E-state index in [0.29, 0.717) is 11.6 Å². The molecule has 2 aliphatic rings. The van der Waals surface area contributed by atoms with E-state index in [-0.39, 0.29) is 12.1 Å². The fraction of sp³-hybridized carbons (Fsp3) is 0.700. The molecule has 3 rings (SSSR count). The minimum absolute atomic E-state index is 0.119. The topological polar surface area (TPSA) is 45.7 Å². The number of anilines is 1. The van der Waals surface area contributed by atoms with E-state index in [1.54, 1.807) is 6.20 Å². The number of likely N-dealkylation sites (tertiary alicyclic amines) is 1. The van der Waals surface area contributed by atoms with Crippen molar-refractivity contribution >= 4 is 11.8 Å². The van der Waals surface area contributed by atoms with E-state index in [0.717, 1.165) is 25.3 Å². The van der Waals surface area contributed by atoms with E-state index in [1.807, 2.05) is 26.0 Å². The Morgan fingerprint density at radius 3 is 2.64 bits per heavy atom. The second-order valence-corrected chi connectivity index (χ2v) is 7.52. The van der Waals surface area contributed by atoms with Crippen molar-refractivity contribution in [1.82, 2.24) is 9.88 Å². The van der Waals surface area contributed by atoms with E-state index >= 15 is 0 Å². The van der Waals surface area contributed by atoms with Crippen LogP contribution in [0.15, 0.2) is 18.3 Å². The minimum atomic E-state index is -0.269. The zero-order chi connectivity index (χ0) is 17.6. The fourth-order valence-electron chi connectivity index (χ4n) is 3.99. The van der Waals surface area contributed by atoms with Crippen LogP contribution in [-0.4, -0.2) is 54.2 Å². The van der Waals surface area contributed by atoms with Crippen LogP contribution in [0.5, 0.6) is 0 Å². The first kappa shape index (κ1) is 18.2. The summed E-state index contributed by atoms with van der Waals surface area (Å²) in [5.41, 5.74) is 0.590. The highest BCUT2D eigenvalue weighted by molar-refractivity contribution is 5.94. The van der Waals surface area contributed by atoms with Gasteiger partial charge < -0.3 is 9.64 Å². The summed E-state index contributed by atoms with van der Waals surface area (Å²) in [4.78, 5) is 21.9. The van der Waals surface area contributed by atoms with E-state index in [2.05, 4.69) is 14.8 Å². The first-order chi connectivity index (χ1) is 12.1. The normalized spacial score (nSPS) is 22.7. The molecule has 1 unspecified atom stereocenters. The number of rotatable bonds is 4. The van der Waals surface area contributed by atoms with Crippen LogP contribution < -0.4 is 4.90 Å². The van der Waals surface area contributed by atoms with Gasteiger partial charge in [-0.3, -0.25) is 4.90 Å². The summed E-state index contributed by atoms with van der Waals surface area (Å²) in [5.74, 6) is 0.516. The summed E-state index contributed by atoms with van der Waals surface area (Å²) >= 11 is 0. The molecule has 2 fully saturated rings. The van der Waals surface area contributed by atoms with Crippen molar-refractivity contribution in [1.29, 1.82) is 0 Å². The molecule has 5 nitrogen and oxygen atoms in total. The van der Waals surface area contributed by atoms with Crippen molar-refractivity contribution in [3.05, 3.63) is 23.9 Å². The highest BCUT2D eigenvalue weighted by Gasteiger charge is 2.28. The molecule has 2 saturated heterocycles. The standard InChI is InChI=1S/C20H31N3O2/c1-16(2)25-20(24)18-10-7-11-21-19(18)23-14-8-9-17(15-23)22-12-5-3-4-6-13-22/h7,10-11,16-17H,3-6,8-9,12-15H2,1-2H3. The SMILES string of the molecule is CC(C)OC(=O)c1cccnc1N1CCCC(N2CCCCCC2)C1. The zero-order valence-electron chi connectivity index (χ0n) is 15.6. The molecule has 0 aromatic carbocycles. The molecule has 1 aromatic rings. The first-order valence-electron chi connectivity index (χ1n) is 9.80. The van der Waals surface area contributed by atoms with Gasteiger partial charge in [0.25, 0.3) is 0 Å². The molecule has 0 radical (unpaired) electrons. The Morgan fingerprint density at radius 2 is 1.92 bits per heavy atom. The average molecular weight is 345 g/mol. The lowest BCUT2D eigenvalue weighted by Crippen LogP contribution is -2.49. The highest BCUT2D eigenvalue weighted by atomic mass is 16.5. The smallest absolute Gasteiger partial charge is 0.342 e. The largest absolute Gasteiger partial charge is 0.459 e. The Hall–Kier alpha value is -1.62. The van der Waals surface area contributed by atoms with Crippen molar-refractivity contribution in [3.63, 3.8) is 0 Å². The number of carbonyl (C=O) groups excluding carboxylic acids is 1. The van der Waals surface area contributed by atoms with Crippen molar-refractivity contribution in [2.45, 2.75) is 64.5 Å². The maximum absolute atomic E-state index is 12.4. The lowest BCUT2D eigenvalue weighted by atomic mass is 10.0. The molecule has 5 heteroatoms. The number of hydrogen-bond acceptors (Lipinski definition) is 5. The lowest BCUT2D eigenvalue weighted by molar-refractivity contribution is 0.0378. The van der Waals surface area contributed by atoms with E-state index in [4.69, 9.17) is 4.74 Å². The molecule has 138 valence electrons. The summed E-state index contributed by atoms with van der Waals surface area (Å²) in [6, 6.07) is 4.22. The molecule has 0 spiro atoms. The van der Waals surface area contributed by atoms with Gasteiger partial charge in [0.15, 0.2) is 0 Å². The molecular weight excluding hydrogens is 314 g/mol. The Kier molecular flexibility index (Phi) is 6.29. The Morgan fingerprint density at radius 1 is 1.16 bits per heavy atom. The van der Waals surface area contributed by atoms with Gasteiger partial charge in [-0.1, -0.05) is 12.8 Å². The van der Waals surface area contributed by atoms with Gasteiger partial charge in [0.2, 0.25) is 0 Å². The summed E-state index contributed by atoms with van der Waals surface area (Å²) < 4.78 is 5.41. The number of nitrogens with zero attached hydrogens (tertiary/aromatic N) is 3. The average Bonchev–Trinajstić information content (AvgIpc) is 2.91. The van der Waals surface area contributed by atoms with Crippen molar-refractivity contribution < 1.29 is 9.53 Å². The maximum Gasteiger partial charge on any atom is 0.342 e. The van der Waals surface area contributed by atoms with E-state index < -0.39 is 0 Å². The third-order valence-electron chi connectivity index (χ3n) is 5.20. The van der Waals surface area contributed by atoms with E-state index in [1.165, 1.54) is 45.2 Å². The van der Waals surface area contributed by atoms with Crippen LogP contribution in [0, 0.1) is 0 Å². The third-order valence-corrected chi connectivity index (χ3v) is 5.20. The molecule has 2 aliphatic heterocycles. The molecule has 1 aromatic heterocycles. The van der Waals surface area contributed by atoms with Gasteiger partial charge in [0.05, 0.1) is 6.10 Å². The summed E-state index contributed by atoms with van der Waals surface area (Å²) in [5, 5.41) is 0. The van der Waals surface area contributed by atoms with Crippen molar-refractivity contribution in [2.24, 2.45) is 0 Å². The van der Waals surface area contributed by atoms with Crippen molar-refractivity contribution in [3.8, 4) is 0 Å². The molecule has 0 aliphatic carbocycles. The minimum Gasteiger partial charge on any atom is -0.459 e. The Bertz CT molecular complexity index is 568. The molecule has 0 amide bonds. The fourth-order valence-corrected chi connectivity index (χ4v) is 3.99. The van der Waals surface area contributed by atoms with Crippen LogP contribution >= 0.6 is 0 Å². The number of piperidine rings is 1. The maximum atomic E-state index is 12.4. The molecule has 0 N–H and O–H groups in total. The molecule has 1 atom stereocenters. The number of hydrogen-bond donors (Lipinski definition) is 0. The van der Waals surface area contributed by atoms with Crippen LogP contribution in [0.3, 0.4) is 0 Å². The zero-order valence-corrected chi connectivity index (χ0v) is 15.6. The summed E-state index contributed by atoms with van der Waals surface area (Å²) in [7, 11) is 0. The van der Waals surface area contributed by atoms with Crippen LogP contribution in [0.25, 0.3) is 0 Å². The van der Waals surface area contributed by atoms with Gasteiger partial charge in [0, 0.05) is 25.3 Å². The number of esters is 1.